The van der Waals surface area contributed by atoms with Gasteiger partial charge in [0, 0.05) is 43.2 Å². The van der Waals surface area contributed by atoms with Crippen LogP contribution in [0.15, 0.2) is 54.9 Å². The Morgan fingerprint density at radius 1 is 1.08 bits per heavy atom. The number of halogens is 4. The molecular weight excluding hydrogens is 514 g/mol. The molecule has 2 aromatic carbocycles. The molecule has 8 nitrogen and oxygen atoms in total. The van der Waals surface area contributed by atoms with Gasteiger partial charge in [0.2, 0.25) is 5.95 Å². The van der Waals surface area contributed by atoms with Crippen molar-refractivity contribution < 1.29 is 22.3 Å². The third-order valence-electron chi connectivity index (χ3n) is 6.31. The number of nitrogens with zero attached hydrogens (tertiary/aromatic N) is 5. The number of aryl methyl sites for hydroxylation is 2. The van der Waals surface area contributed by atoms with Gasteiger partial charge in [0.1, 0.15) is 11.6 Å². The molecule has 3 heterocycles. The Bertz CT molecular complexity index is 1610. The van der Waals surface area contributed by atoms with E-state index in [-0.39, 0.29) is 11.8 Å². The minimum Gasteiger partial charge on any atom is -0.424 e. The van der Waals surface area contributed by atoms with Gasteiger partial charge in [-0.25, -0.2) is 19.3 Å². The Morgan fingerprint density at radius 3 is 2.49 bits per heavy atom. The van der Waals surface area contributed by atoms with Crippen LogP contribution in [0.5, 0.6) is 11.8 Å². The summed E-state index contributed by atoms with van der Waals surface area (Å²) in [5.41, 5.74) is 4.17. The first kappa shape index (κ1) is 26.1. The van der Waals surface area contributed by atoms with E-state index in [1.807, 2.05) is 43.7 Å². The highest BCUT2D eigenvalue weighted by Crippen LogP contribution is 2.31. The molecule has 39 heavy (non-hydrogen) atoms. The number of alkyl halides is 3. The Labute approximate surface area is 221 Å². The quantitative estimate of drug-likeness (QED) is 0.219. The molecule has 202 valence electrons. The van der Waals surface area contributed by atoms with Gasteiger partial charge in [-0.05, 0) is 43.2 Å². The van der Waals surface area contributed by atoms with E-state index in [4.69, 9.17) is 9.72 Å². The van der Waals surface area contributed by atoms with Crippen molar-refractivity contribution in [3.8, 4) is 11.8 Å². The molecule has 0 aliphatic carbocycles. The third-order valence-corrected chi connectivity index (χ3v) is 6.31. The maximum atomic E-state index is 15.1. The van der Waals surface area contributed by atoms with Crippen molar-refractivity contribution in [1.29, 1.82) is 0 Å². The number of imidazole rings is 1. The second-order valence-electron chi connectivity index (χ2n) is 9.18. The lowest BCUT2D eigenvalue weighted by molar-refractivity contribution is -0.138. The van der Waals surface area contributed by atoms with Gasteiger partial charge in [-0.1, -0.05) is 19.1 Å². The second-order valence-corrected chi connectivity index (χ2v) is 9.18. The number of rotatable bonds is 8. The lowest BCUT2D eigenvalue weighted by Gasteiger charge is -2.19. The predicted molar refractivity (Wildman–Crippen MR) is 137 cm³/mol. The summed E-state index contributed by atoms with van der Waals surface area (Å²) in [7, 11) is 1.89. The Kier molecular flexibility index (Phi) is 6.94. The van der Waals surface area contributed by atoms with Crippen LogP contribution in [-0.2, 0) is 19.6 Å². The Balaban J connectivity index is 1.32. The van der Waals surface area contributed by atoms with Crippen molar-refractivity contribution in [3.05, 3.63) is 88.8 Å². The van der Waals surface area contributed by atoms with Crippen LogP contribution < -0.4 is 10.1 Å². The predicted octanol–water partition coefficient (Wildman–Crippen LogP) is 6.50. The summed E-state index contributed by atoms with van der Waals surface area (Å²) in [6.07, 6.45) is -2.09. The smallest absolute Gasteiger partial charge is 0.419 e. The second kappa shape index (κ2) is 10.4. The highest BCUT2D eigenvalue weighted by molar-refractivity contribution is 5.79. The van der Waals surface area contributed by atoms with Gasteiger partial charge in [-0.3, -0.25) is 5.10 Å². The average Bonchev–Trinajstić information content (AvgIpc) is 3.44. The third kappa shape index (κ3) is 5.69. The number of aromatic nitrogens is 6. The Morgan fingerprint density at radius 2 is 1.85 bits per heavy atom. The molecular formula is C27H25F4N7O. The molecule has 3 aromatic heterocycles. The maximum Gasteiger partial charge on any atom is 0.419 e. The highest BCUT2D eigenvalue weighted by Gasteiger charge is 2.31. The first-order valence-electron chi connectivity index (χ1n) is 12.2. The Hall–Kier alpha value is -4.48. The van der Waals surface area contributed by atoms with Crippen LogP contribution >= 0.6 is 0 Å². The van der Waals surface area contributed by atoms with Crippen LogP contribution in [0, 0.1) is 12.7 Å². The van der Waals surface area contributed by atoms with Crippen LogP contribution in [0.25, 0.3) is 11.0 Å². The summed E-state index contributed by atoms with van der Waals surface area (Å²) >= 11 is 0. The lowest BCUT2D eigenvalue weighted by Crippen LogP contribution is -2.14. The molecule has 0 spiro atoms. The largest absolute Gasteiger partial charge is 0.424 e. The van der Waals surface area contributed by atoms with Gasteiger partial charge < -0.3 is 14.6 Å². The number of fused-ring (bicyclic) bond motifs is 1. The van der Waals surface area contributed by atoms with E-state index < -0.39 is 23.6 Å². The van der Waals surface area contributed by atoms with Crippen LogP contribution in [0.1, 0.15) is 47.5 Å². The molecule has 0 radical (unpaired) electrons. The summed E-state index contributed by atoms with van der Waals surface area (Å²) in [5, 5.41) is 10.6. The summed E-state index contributed by atoms with van der Waals surface area (Å²) in [6.45, 7) is 3.88. The fourth-order valence-corrected chi connectivity index (χ4v) is 4.28. The molecule has 1 unspecified atom stereocenters. The number of nitrogens with one attached hydrogen (secondary N) is 2. The number of hydrogen-bond donors (Lipinski definition) is 2. The molecule has 12 heteroatoms. The number of hydrogen-bond acceptors (Lipinski definition) is 6. The number of ether oxygens (including phenoxy) is 1. The van der Waals surface area contributed by atoms with Crippen LogP contribution in [0.3, 0.4) is 0 Å². The number of H-pyrrole nitrogens is 1. The van der Waals surface area contributed by atoms with Crippen molar-refractivity contribution in [2.75, 3.05) is 5.32 Å². The monoisotopic (exact) mass is 539 g/mol. The van der Waals surface area contributed by atoms with Crippen molar-refractivity contribution in [2.45, 2.75) is 38.9 Å². The molecule has 0 aliphatic heterocycles. The fourth-order valence-electron chi connectivity index (χ4n) is 4.28. The summed E-state index contributed by atoms with van der Waals surface area (Å²) in [6, 6.07) is 11.5. The van der Waals surface area contributed by atoms with Crippen molar-refractivity contribution in [2.24, 2.45) is 7.05 Å². The van der Waals surface area contributed by atoms with Crippen molar-refractivity contribution in [1.82, 2.24) is 29.7 Å². The zero-order valence-electron chi connectivity index (χ0n) is 21.3. The minimum atomic E-state index is -4.56. The van der Waals surface area contributed by atoms with E-state index >= 15 is 4.39 Å². The molecule has 0 saturated heterocycles. The van der Waals surface area contributed by atoms with E-state index in [1.165, 1.54) is 6.07 Å². The lowest BCUT2D eigenvalue weighted by atomic mass is 10.0. The number of benzene rings is 2. The topological polar surface area (TPSA) is 93.5 Å². The van der Waals surface area contributed by atoms with Gasteiger partial charge in [-0.15, -0.1) is 0 Å². The highest BCUT2D eigenvalue weighted by atomic mass is 19.4. The molecule has 5 rings (SSSR count). The van der Waals surface area contributed by atoms with E-state index in [0.717, 1.165) is 34.1 Å². The van der Waals surface area contributed by atoms with Crippen LogP contribution in [0.2, 0.25) is 0 Å². The molecule has 1 atom stereocenters. The van der Waals surface area contributed by atoms with Gasteiger partial charge in [0.15, 0.2) is 0 Å². The molecule has 0 amide bonds. The van der Waals surface area contributed by atoms with E-state index in [0.29, 0.717) is 36.7 Å². The first-order valence-corrected chi connectivity index (χ1v) is 12.2. The molecule has 0 bridgehead atoms. The zero-order valence-corrected chi connectivity index (χ0v) is 21.3. The zero-order chi connectivity index (χ0) is 27.7. The van der Waals surface area contributed by atoms with Crippen molar-refractivity contribution >= 4 is 17.0 Å². The van der Waals surface area contributed by atoms with Crippen LogP contribution in [0.4, 0.5) is 23.5 Å². The normalized spacial score (nSPS) is 12.6. The molecule has 0 aliphatic rings. The summed E-state index contributed by atoms with van der Waals surface area (Å²) in [5.74, 6) is 0.102. The molecule has 2 N–H and O–H groups in total. The van der Waals surface area contributed by atoms with Gasteiger partial charge >= 0.3 is 12.2 Å². The van der Waals surface area contributed by atoms with E-state index in [9.17, 15) is 13.2 Å². The summed E-state index contributed by atoms with van der Waals surface area (Å²) in [4.78, 5) is 11.8. The van der Waals surface area contributed by atoms with Crippen LogP contribution in [-0.4, -0.2) is 29.7 Å². The number of aromatic amines is 1. The van der Waals surface area contributed by atoms with E-state index in [1.54, 1.807) is 6.07 Å². The molecule has 0 fully saturated rings. The molecule has 0 saturated carbocycles. The van der Waals surface area contributed by atoms with Crippen molar-refractivity contribution in [3.63, 3.8) is 0 Å². The fraction of sp³-hybridized carbons (Fsp3) is 0.259. The maximum absolute atomic E-state index is 15.1. The van der Waals surface area contributed by atoms with E-state index in [2.05, 4.69) is 31.5 Å². The van der Waals surface area contributed by atoms with Gasteiger partial charge in [-0.2, -0.15) is 18.3 Å². The van der Waals surface area contributed by atoms with Gasteiger partial charge in [0.05, 0.1) is 28.3 Å². The molecule has 5 aromatic rings. The first-order chi connectivity index (χ1) is 18.6. The summed E-state index contributed by atoms with van der Waals surface area (Å²) < 4.78 is 60.5. The SMILES string of the molecule is CCC(Nc1nc2ccc(Cc3cc(C)[nH]n3)cc2n1C)c1ccc(Oc2ncc(C(F)(F)F)cn2)cc1F. The minimum absolute atomic E-state index is 0.0632. The number of anilines is 1. The standard InChI is InChI=1S/C27H25F4N7O/c1-4-22(20-7-6-19(12-21(20)28)39-26-32-13-17(14-33-26)27(29,30)31)34-25-35-23-8-5-16(11-24(23)38(25)3)10-18-9-15(2)36-37-18/h5-9,11-14,22H,4,10H2,1-3H3,(H,34,35)(H,36,37). The van der Waals surface area contributed by atoms with Gasteiger partial charge in [0.25, 0.3) is 0 Å². The average molecular weight is 540 g/mol.